The predicted octanol–water partition coefficient (Wildman–Crippen LogP) is 4.23. The molecule has 0 aliphatic rings. The Morgan fingerprint density at radius 2 is 1.94 bits per heavy atom. The Bertz CT molecular complexity index is 505. The number of hydrogen-bond acceptors (Lipinski definition) is 3. The van der Waals surface area contributed by atoms with Crippen LogP contribution >= 0.6 is 34.8 Å². The van der Waals surface area contributed by atoms with E-state index >= 15 is 0 Å². The Morgan fingerprint density at radius 1 is 1.12 bits per heavy atom. The Hall–Kier alpha value is -1.03. The molecule has 0 aliphatic heterocycles. The quantitative estimate of drug-likeness (QED) is 0.769. The van der Waals surface area contributed by atoms with E-state index in [9.17, 15) is 0 Å². The summed E-state index contributed by atoms with van der Waals surface area (Å²) in [4.78, 5) is 7.81. The lowest BCUT2D eigenvalue weighted by Crippen LogP contribution is -1.90. The monoisotopic (exact) mass is 274 g/mol. The van der Waals surface area contributed by atoms with Crippen molar-refractivity contribution in [2.24, 2.45) is 0 Å². The Balaban J connectivity index is 2.32. The van der Waals surface area contributed by atoms with Crippen LogP contribution in [0.25, 0.3) is 0 Å². The predicted molar refractivity (Wildman–Crippen MR) is 63.6 cm³/mol. The third-order valence-electron chi connectivity index (χ3n) is 1.70. The molecule has 0 amide bonds. The van der Waals surface area contributed by atoms with Gasteiger partial charge in [-0.2, -0.15) is 4.98 Å². The largest absolute Gasteiger partial charge is 0.436 e. The highest BCUT2D eigenvalue weighted by Crippen LogP contribution is 2.32. The summed E-state index contributed by atoms with van der Waals surface area (Å²) in [5.41, 5.74) is 0. The van der Waals surface area contributed by atoms with Crippen molar-refractivity contribution in [1.29, 1.82) is 0 Å². The highest BCUT2D eigenvalue weighted by molar-refractivity contribution is 6.42. The summed E-state index contributed by atoms with van der Waals surface area (Å²) in [7, 11) is 0. The Morgan fingerprint density at radius 3 is 2.62 bits per heavy atom. The summed E-state index contributed by atoms with van der Waals surface area (Å²) in [6, 6.07) is 4.94. The normalized spacial score (nSPS) is 10.2. The number of rotatable bonds is 2. The van der Waals surface area contributed by atoms with E-state index in [1.54, 1.807) is 24.5 Å². The van der Waals surface area contributed by atoms with Crippen molar-refractivity contribution >= 4 is 34.8 Å². The number of pyridine rings is 2. The fraction of sp³-hybridized carbons (Fsp3) is 0. The summed E-state index contributed by atoms with van der Waals surface area (Å²) in [5.74, 6) is 0.722. The average molecular weight is 276 g/mol. The number of aromatic nitrogens is 2. The van der Waals surface area contributed by atoms with Crippen molar-refractivity contribution in [3.63, 3.8) is 0 Å². The number of hydrogen-bond donors (Lipinski definition) is 0. The summed E-state index contributed by atoms with van der Waals surface area (Å²) < 4.78 is 5.40. The minimum atomic E-state index is 0.143. The van der Waals surface area contributed by atoms with Gasteiger partial charge in [0, 0.05) is 6.20 Å². The second-order valence-electron chi connectivity index (χ2n) is 2.84. The standard InChI is InChI=1S/C10H5Cl3N2O/c11-7-4-8(12)10(15-9(7)13)16-6-2-1-3-14-5-6/h1-5H. The van der Waals surface area contributed by atoms with Crippen LogP contribution in [0.1, 0.15) is 0 Å². The number of halogens is 3. The van der Waals surface area contributed by atoms with Crippen molar-refractivity contribution < 1.29 is 4.74 Å². The van der Waals surface area contributed by atoms with Gasteiger partial charge in [0.05, 0.1) is 11.2 Å². The first kappa shape index (κ1) is 11.5. The van der Waals surface area contributed by atoms with E-state index in [-0.39, 0.29) is 16.1 Å². The minimum Gasteiger partial charge on any atom is -0.436 e. The second kappa shape index (κ2) is 4.87. The lowest BCUT2D eigenvalue weighted by molar-refractivity contribution is 0.461. The van der Waals surface area contributed by atoms with Crippen LogP contribution in [0.5, 0.6) is 11.6 Å². The van der Waals surface area contributed by atoms with E-state index in [4.69, 9.17) is 39.5 Å². The van der Waals surface area contributed by atoms with Crippen LogP contribution in [0.15, 0.2) is 30.6 Å². The molecular formula is C10H5Cl3N2O. The molecule has 0 N–H and O–H groups in total. The zero-order chi connectivity index (χ0) is 11.5. The fourth-order valence-electron chi connectivity index (χ4n) is 1.02. The van der Waals surface area contributed by atoms with Crippen LogP contribution in [-0.2, 0) is 0 Å². The van der Waals surface area contributed by atoms with Crippen LogP contribution in [0, 0.1) is 0 Å². The molecule has 0 fully saturated rings. The molecule has 2 aromatic heterocycles. The molecule has 82 valence electrons. The van der Waals surface area contributed by atoms with Crippen molar-refractivity contribution in [2.45, 2.75) is 0 Å². The third-order valence-corrected chi connectivity index (χ3v) is 2.65. The van der Waals surface area contributed by atoms with Gasteiger partial charge in [0.15, 0.2) is 5.15 Å². The van der Waals surface area contributed by atoms with Crippen molar-refractivity contribution in [2.75, 3.05) is 0 Å². The maximum absolute atomic E-state index is 5.90. The van der Waals surface area contributed by atoms with E-state index in [0.717, 1.165) is 0 Å². The Labute approximate surface area is 107 Å². The van der Waals surface area contributed by atoms with Gasteiger partial charge in [0.2, 0.25) is 5.88 Å². The van der Waals surface area contributed by atoms with Gasteiger partial charge in [-0.3, -0.25) is 4.98 Å². The van der Waals surface area contributed by atoms with Crippen LogP contribution < -0.4 is 4.74 Å². The fourth-order valence-corrected chi connectivity index (χ4v) is 1.55. The van der Waals surface area contributed by atoms with Gasteiger partial charge in [0.1, 0.15) is 10.8 Å². The van der Waals surface area contributed by atoms with Gasteiger partial charge < -0.3 is 4.74 Å². The smallest absolute Gasteiger partial charge is 0.239 e. The highest BCUT2D eigenvalue weighted by Gasteiger charge is 2.09. The highest BCUT2D eigenvalue weighted by atomic mass is 35.5. The summed E-state index contributed by atoms with van der Waals surface area (Å²) in [6.07, 6.45) is 3.18. The zero-order valence-corrected chi connectivity index (χ0v) is 10.1. The first-order valence-corrected chi connectivity index (χ1v) is 5.39. The topological polar surface area (TPSA) is 35.0 Å². The molecule has 16 heavy (non-hydrogen) atoms. The molecule has 2 heterocycles. The molecule has 0 atom stereocenters. The molecule has 2 aromatic rings. The summed E-state index contributed by atoms with van der Waals surface area (Å²) in [5, 5.41) is 0.716. The SMILES string of the molecule is Clc1cc(Cl)c(Oc2cccnc2)nc1Cl. The first-order chi connectivity index (χ1) is 7.66. The molecule has 6 heteroatoms. The maximum atomic E-state index is 5.90. The zero-order valence-electron chi connectivity index (χ0n) is 7.82. The van der Waals surface area contributed by atoms with Crippen LogP contribution in [-0.4, -0.2) is 9.97 Å². The molecule has 0 aliphatic carbocycles. The molecule has 0 aromatic carbocycles. The molecule has 0 spiro atoms. The molecular weight excluding hydrogens is 270 g/mol. The molecule has 0 bridgehead atoms. The van der Waals surface area contributed by atoms with E-state index in [1.807, 2.05) is 0 Å². The molecule has 0 saturated carbocycles. The van der Waals surface area contributed by atoms with Gasteiger partial charge in [-0.15, -0.1) is 0 Å². The van der Waals surface area contributed by atoms with Gasteiger partial charge in [-0.25, -0.2) is 0 Å². The molecule has 0 radical (unpaired) electrons. The first-order valence-electron chi connectivity index (χ1n) is 4.26. The number of ether oxygens (including phenoxy) is 1. The van der Waals surface area contributed by atoms with E-state index in [0.29, 0.717) is 10.8 Å². The van der Waals surface area contributed by atoms with Crippen molar-refractivity contribution in [1.82, 2.24) is 9.97 Å². The van der Waals surface area contributed by atoms with Gasteiger partial charge in [-0.05, 0) is 18.2 Å². The number of nitrogens with zero attached hydrogens (tertiary/aromatic N) is 2. The molecule has 2 rings (SSSR count). The van der Waals surface area contributed by atoms with Crippen LogP contribution in [0.2, 0.25) is 15.2 Å². The average Bonchev–Trinajstić information content (AvgIpc) is 2.27. The van der Waals surface area contributed by atoms with Gasteiger partial charge in [-0.1, -0.05) is 34.8 Å². The van der Waals surface area contributed by atoms with E-state index in [2.05, 4.69) is 9.97 Å². The van der Waals surface area contributed by atoms with Crippen molar-refractivity contribution in [3.05, 3.63) is 45.8 Å². The summed E-state index contributed by atoms with van der Waals surface area (Å²) in [6.45, 7) is 0. The Kier molecular flexibility index (Phi) is 3.49. The lowest BCUT2D eigenvalue weighted by Gasteiger charge is -2.06. The van der Waals surface area contributed by atoms with Gasteiger partial charge >= 0.3 is 0 Å². The molecule has 0 unspecified atom stereocenters. The van der Waals surface area contributed by atoms with Crippen LogP contribution in [0.3, 0.4) is 0 Å². The molecule has 3 nitrogen and oxygen atoms in total. The maximum Gasteiger partial charge on any atom is 0.239 e. The van der Waals surface area contributed by atoms with E-state index < -0.39 is 0 Å². The summed E-state index contributed by atoms with van der Waals surface area (Å²) >= 11 is 17.4. The van der Waals surface area contributed by atoms with Crippen LogP contribution in [0.4, 0.5) is 0 Å². The van der Waals surface area contributed by atoms with Gasteiger partial charge in [0.25, 0.3) is 0 Å². The van der Waals surface area contributed by atoms with Crippen molar-refractivity contribution in [3.8, 4) is 11.6 Å². The minimum absolute atomic E-state index is 0.143. The third kappa shape index (κ3) is 2.55. The second-order valence-corrected chi connectivity index (χ2v) is 4.01. The molecule has 0 saturated heterocycles. The lowest BCUT2D eigenvalue weighted by atomic mass is 10.4. The van der Waals surface area contributed by atoms with E-state index in [1.165, 1.54) is 6.07 Å².